The maximum Gasteiger partial charge on any atom is 0.408 e. The van der Waals surface area contributed by atoms with E-state index in [1.807, 2.05) is 0 Å². The zero-order valence-electron chi connectivity index (χ0n) is 8.63. The van der Waals surface area contributed by atoms with Crippen molar-refractivity contribution in [1.82, 2.24) is 10.4 Å². The summed E-state index contributed by atoms with van der Waals surface area (Å²) in [5, 5.41) is 17.6. The highest BCUT2D eigenvalue weighted by Crippen LogP contribution is 2.18. The van der Waals surface area contributed by atoms with Crippen LogP contribution in [0.25, 0.3) is 0 Å². The molecule has 0 aliphatic carbocycles. The van der Waals surface area contributed by atoms with Gasteiger partial charge in [-0.3, -0.25) is 9.74 Å². The van der Waals surface area contributed by atoms with Crippen LogP contribution in [0, 0.1) is 0 Å². The molecular formula is C9H14N2O5. The number of carboxylic acid groups (broad SMARTS) is 2. The van der Waals surface area contributed by atoms with Crippen molar-refractivity contribution >= 4 is 12.1 Å². The van der Waals surface area contributed by atoms with Crippen molar-refractivity contribution in [3.63, 3.8) is 0 Å². The normalized spacial score (nSPS) is 24.4. The van der Waals surface area contributed by atoms with Crippen molar-refractivity contribution < 1.29 is 24.6 Å². The lowest BCUT2D eigenvalue weighted by atomic mass is 10.2. The molecule has 2 atom stereocenters. The quantitative estimate of drug-likeness (QED) is 0.346. The minimum absolute atomic E-state index is 0.101. The molecule has 0 saturated carbocycles. The minimum atomic E-state index is -1.24. The van der Waals surface area contributed by atoms with Crippen LogP contribution in [0.2, 0.25) is 0 Å². The zero-order valence-corrected chi connectivity index (χ0v) is 8.63. The summed E-state index contributed by atoms with van der Waals surface area (Å²) in [5.74, 6) is -1.14. The van der Waals surface area contributed by atoms with Crippen LogP contribution >= 0.6 is 0 Å². The second kappa shape index (κ2) is 5.47. The first-order valence-corrected chi connectivity index (χ1v) is 4.76. The average molecular weight is 230 g/mol. The Balaban J connectivity index is 2.51. The van der Waals surface area contributed by atoms with Gasteiger partial charge in [-0.05, 0) is 6.42 Å². The molecule has 7 nitrogen and oxygen atoms in total. The summed E-state index contributed by atoms with van der Waals surface area (Å²) in [6, 6.07) is -1.32. The van der Waals surface area contributed by atoms with Crippen molar-refractivity contribution in [3.05, 3.63) is 12.7 Å². The predicted octanol–water partition coefficient (Wildman–Crippen LogP) is -0.101. The van der Waals surface area contributed by atoms with Crippen LogP contribution in [0.3, 0.4) is 0 Å². The maximum absolute atomic E-state index is 10.8. The van der Waals surface area contributed by atoms with E-state index in [0.717, 1.165) is 4.90 Å². The molecule has 0 aromatic carbocycles. The Morgan fingerprint density at radius 2 is 2.25 bits per heavy atom. The van der Waals surface area contributed by atoms with Gasteiger partial charge in [-0.25, -0.2) is 9.59 Å². The number of hydroxylamine groups is 1. The Morgan fingerprint density at radius 3 is 2.69 bits per heavy atom. The largest absolute Gasteiger partial charge is 0.480 e. The molecule has 1 aliphatic rings. The van der Waals surface area contributed by atoms with E-state index in [1.54, 1.807) is 0 Å². The fourth-order valence-corrected chi connectivity index (χ4v) is 1.59. The molecule has 1 saturated heterocycles. The van der Waals surface area contributed by atoms with Crippen molar-refractivity contribution in [2.45, 2.75) is 18.5 Å². The van der Waals surface area contributed by atoms with Gasteiger partial charge in [0, 0.05) is 6.54 Å². The van der Waals surface area contributed by atoms with Gasteiger partial charge in [0.15, 0.2) is 0 Å². The molecule has 0 bridgehead atoms. The number of likely N-dealkylation sites (tertiary alicyclic amines) is 1. The summed E-state index contributed by atoms with van der Waals surface area (Å²) in [6.07, 6.45) is 0.491. The Hall–Kier alpha value is -1.60. The fraction of sp³-hybridized carbons (Fsp3) is 0.556. The molecule has 1 amide bonds. The Kier molecular flexibility index (Phi) is 4.27. The highest BCUT2D eigenvalue weighted by Gasteiger charge is 2.39. The summed E-state index contributed by atoms with van der Waals surface area (Å²) in [4.78, 5) is 27.4. The number of hydrogen-bond acceptors (Lipinski definition) is 4. The topological polar surface area (TPSA) is 99.1 Å². The molecule has 1 fully saturated rings. The first kappa shape index (κ1) is 12.5. The molecule has 3 N–H and O–H groups in total. The molecule has 90 valence electrons. The molecule has 7 heteroatoms. The van der Waals surface area contributed by atoms with Gasteiger partial charge in [0.25, 0.3) is 0 Å². The molecule has 1 aliphatic heterocycles. The lowest BCUT2D eigenvalue weighted by Crippen LogP contribution is -2.40. The number of nitrogens with one attached hydrogen (secondary N) is 1. The van der Waals surface area contributed by atoms with Crippen LogP contribution in [0.5, 0.6) is 0 Å². The van der Waals surface area contributed by atoms with E-state index in [2.05, 4.69) is 12.1 Å². The van der Waals surface area contributed by atoms with E-state index in [-0.39, 0.29) is 25.6 Å². The highest BCUT2D eigenvalue weighted by molar-refractivity contribution is 5.80. The first-order valence-electron chi connectivity index (χ1n) is 4.76. The van der Waals surface area contributed by atoms with Gasteiger partial charge in [0.1, 0.15) is 6.04 Å². The summed E-state index contributed by atoms with van der Waals surface area (Å²) in [5.41, 5.74) is 2.61. The van der Waals surface area contributed by atoms with Gasteiger partial charge in [-0.2, -0.15) is 5.48 Å². The van der Waals surface area contributed by atoms with E-state index in [4.69, 9.17) is 15.1 Å². The van der Waals surface area contributed by atoms with Gasteiger partial charge >= 0.3 is 12.1 Å². The van der Waals surface area contributed by atoms with Gasteiger partial charge in [0.2, 0.25) is 0 Å². The molecule has 0 radical (unpaired) electrons. The van der Waals surface area contributed by atoms with E-state index in [1.165, 1.54) is 6.08 Å². The van der Waals surface area contributed by atoms with Crippen molar-refractivity contribution in [3.8, 4) is 0 Å². The van der Waals surface area contributed by atoms with Crippen LogP contribution in [0.15, 0.2) is 12.7 Å². The standard InChI is InChI=1S/C9H14N2O5/c1-2-3-16-10-6-4-7(8(12)13)11(5-6)9(14)15/h2,6-7,10H,1,3-5H2,(H,12,13)(H,14,15)/t6-,7+/m0/s1. The van der Waals surface area contributed by atoms with Crippen LogP contribution in [-0.2, 0) is 9.63 Å². The SMILES string of the molecule is C=CCON[C@H]1C[C@H](C(=O)O)N(C(=O)O)C1. The third-order valence-electron chi connectivity index (χ3n) is 2.28. The third kappa shape index (κ3) is 2.94. The fourth-order valence-electron chi connectivity index (χ4n) is 1.59. The van der Waals surface area contributed by atoms with Gasteiger partial charge in [0.05, 0.1) is 12.6 Å². The van der Waals surface area contributed by atoms with Crippen LogP contribution in [0.1, 0.15) is 6.42 Å². The average Bonchev–Trinajstić information content (AvgIpc) is 2.62. The van der Waals surface area contributed by atoms with E-state index < -0.39 is 18.1 Å². The second-order valence-electron chi connectivity index (χ2n) is 3.44. The molecule has 0 unspecified atom stereocenters. The van der Waals surface area contributed by atoms with Crippen LogP contribution in [0.4, 0.5) is 4.79 Å². The maximum atomic E-state index is 10.8. The first-order chi connectivity index (χ1) is 7.56. The summed E-state index contributed by atoms with van der Waals surface area (Å²) in [6.45, 7) is 3.83. The summed E-state index contributed by atoms with van der Waals surface area (Å²) in [7, 11) is 0. The lowest BCUT2D eigenvalue weighted by molar-refractivity contribution is -0.141. The lowest BCUT2D eigenvalue weighted by Gasteiger charge is -2.16. The second-order valence-corrected chi connectivity index (χ2v) is 3.44. The zero-order chi connectivity index (χ0) is 12.1. The Morgan fingerprint density at radius 1 is 1.56 bits per heavy atom. The Labute approximate surface area is 92.3 Å². The molecule has 16 heavy (non-hydrogen) atoms. The van der Waals surface area contributed by atoms with Crippen molar-refractivity contribution in [1.29, 1.82) is 0 Å². The molecule has 1 heterocycles. The van der Waals surface area contributed by atoms with Gasteiger partial charge in [-0.1, -0.05) is 6.08 Å². The minimum Gasteiger partial charge on any atom is -0.480 e. The van der Waals surface area contributed by atoms with E-state index >= 15 is 0 Å². The highest BCUT2D eigenvalue weighted by atomic mass is 16.6. The van der Waals surface area contributed by atoms with Crippen LogP contribution < -0.4 is 5.48 Å². The van der Waals surface area contributed by atoms with Crippen LogP contribution in [-0.4, -0.2) is 52.4 Å². The monoisotopic (exact) mass is 230 g/mol. The molecule has 0 aromatic rings. The number of hydrogen-bond donors (Lipinski definition) is 3. The molecule has 1 rings (SSSR count). The Bertz CT molecular complexity index is 272. The van der Waals surface area contributed by atoms with Gasteiger partial charge in [-0.15, -0.1) is 6.58 Å². The number of carboxylic acids is 1. The smallest absolute Gasteiger partial charge is 0.408 e. The molecule has 0 spiro atoms. The number of nitrogens with zero attached hydrogens (tertiary/aromatic N) is 1. The van der Waals surface area contributed by atoms with Gasteiger partial charge < -0.3 is 10.2 Å². The summed E-state index contributed by atoms with van der Waals surface area (Å²) < 4.78 is 0. The van der Waals surface area contributed by atoms with Crippen molar-refractivity contribution in [2.24, 2.45) is 0 Å². The number of rotatable bonds is 5. The predicted molar refractivity (Wildman–Crippen MR) is 53.8 cm³/mol. The molecule has 0 aromatic heterocycles. The number of amides is 1. The third-order valence-corrected chi connectivity index (χ3v) is 2.28. The van der Waals surface area contributed by atoms with E-state index in [0.29, 0.717) is 0 Å². The van der Waals surface area contributed by atoms with E-state index in [9.17, 15) is 9.59 Å². The van der Waals surface area contributed by atoms with Crippen molar-refractivity contribution in [2.75, 3.05) is 13.2 Å². The number of carbonyl (C=O) groups is 2. The number of aliphatic carboxylic acids is 1. The summed E-state index contributed by atoms with van der Waals surface area (Å²) >= 11 is 0. The molecular weight excluding hydrogens is 216 g/mol.